The molecule has 1 fully saturated rings. The van der Waals surface area contributed by atoms with E-state index in [0.717, 1.165) is 10.5 Å². The number of amides is 3. The summed E-state index contributed by atoms with van der Waals surface area (Å²) < 4.78 is 10.6. The highest BCUT2D eigenvalue weighted by molar-refractivity contribution is 6.23. The Kier molecular flexibility index (Phi) is 5.58. The van der Waals surface area contributed by atoms with Gasteiger partial charge in [-0.1, -0.05) is 18.2 Å². The SMILES string of the molecule is COc1ccc(N2C(=O)CC(N(Cc3ccco3)C(=O)c3ccccc3C)C2=O)cc1. The molecule has 4 rings (SSSR count). The number of aryl methyl sites for hydroxylation is 1. The zero-order chi connectivity index (χ0) is 22.0. The van der Waals surface area contributed by atoms with E-state index in [0.29, 0.717) is 22.8 Å². The number of methoxy groups -OCH3 is 1. The number of hydrogen-bond acceptors (Lipinski definition) is 5. The van der Waals surface area contributed by atoms with E-state index in [1.54, 1.807) is 55.6 Å². The summed E-state index contributed by atoms with van der Waals surface area (Å²) in [5, 5.41) is 0. The summed E-state index contributed by atoms with van der Waals surface area (Å²) in [7, 11) is 1.54. The second kappa shape index (κ2) is 8.47. The quantitative estimate of drug-likeness (QED) is 0.572. The maximum atomic E-state index is 13.4. The molecule has 3 aromatic rings. The van der Waals surface area contributed by atoms with Gasteiger partial charge in [-0.2, -0.15) is 0 Å². The monoisotopic (exact) mass is 418 g/mol. The Morgan fingerprint density at radius 1 is 1.10 bits per heavy atom. The fourth-order valence-corrected chi connectivity index (χ4v) is 3.72. The third-order valence-corrected chi connectivity index (χ3v) is 5.37. The number of carbonyl (C=O) groups excluding carboxylic acids is 3. The summed E-state index contributed by atoms with van der Waals surface area (Å²) in [6.45, 7) is 1.92. The molecule has 1 atom stereocenters. The minimum Gasteiger partial charge on any atom is -0.497 e. The molecule has 0 N–H and O–H groups in total. The maximum Gasteiger partial charge on any atom is 0.257 e. The van der Waals surface area contributed by atoms with Gasteiger partial charge in [0.15, 0.2) is 0 Å². The minimum atomic E-state index is -0.924. The summed E-state index contributed by atoms with van der Waals surface area (Å²) >= 11 is 0. The van der Waals surface area contributed by atoms with Gasteiger partial charge in [0.1, 0.15) is 17.6 Å². The first-order valence-electron chi connectivity index (χ1n) is 9.89. The van der Waals surface area contributed by atoms with E-state index in [1.165, 1.54) is 11.2 Å². The third kappa shape index (κ3) is 3.94. The molecule has 2 aromatic carbocycles. The smallest absolute Gasteiger partial charge is 0.257 e. The number of hydrogen-bond donors (Lipinski definition) is 0. The van der Waals surface area contributed by atoms with Crippen molar-refractivity contribution in [1.82, 2.24) is 4.90 Å². The molecule has 158 valence electrons. The molecule has 7 nitrogen and oxygen atoms in total. The van der Waals surface area contributed by atoms with E-state index >= 15 is 0 Å². The van der Waals surface area contributed by atoms with Crippen LogP contribution >= 0.6 is 0 Å². The Balaban J connectivity index is 1.67. The van der Waals surface area contributed by atoms with Crippen molar-refractivity contribution in [3.05, 3.63) is 83.8 Å². The molecule has 0 bridgehead atoms. The highest BCUT2D eigenvalue weighted by Crippen LogP contribution is 2.29. The summed E-state index contributed by atoms with van der Waals surface area (Å²) in [5.74, 6) is 0.0294. The largest absolute Gasteiger partial charge is 0.497 e. The molecule has 1 aromatic heterocycles. The van der Waals surface area contributed by atoms with Gasteiger partial charge < -0.3 is 14.1 Å². The molecule has 2 heterocycles. The zero-order valence-corrected chi connectivity index (χ0v) is 17.3. The van der Waals surface area contributed by atoms with Crippen molar-refractivity contribution in [2.24, 2.45) is 0 Å². The molecule has 0 spiro atoms. The lowest BCUT2D eigenvalue weighted by Gasteiger charge is -2.27. The molecule has 0 saturated carbocycles. The summed E-state index contributed by atoms with van der Waals surface area (Å²) in [6.07, 6.45) is 1.42. The van der Waals surface area contributed by atoms with Crippen LogP contribution in [-0.4, -0.2) is 35.8 Å². The van der Waals surface area contributed by atoms with Crippen molar-refractivity contribution in [2.45, 2.75) is 25.9 Å². The van der Waals surface area contributed by atoms with E-state index in [9.17, 15) is 14.4 Å². The van der Waals surface area contributed by atoms with Crippen molar-refractivity contribution in [3.8, 4) is 5.75 Å². The number of rotatable bonds is 6. The average molecular weight is 418 g/mol. The first kappa shape index (κ1) is 20.4. The standard InChI is InChI=1S/C24H22N2O5/c1-16-6-3-4-8-20(16)23(28)25(15-19-7-5-13-31-19)21-14-22(27)26(24(21)29)17-9-11-18(30-2)12-10-17/h3-13,21H,14-15H2,1-2H3. The lowest BCUT2D eigenvalue weighted by atomic mass is 10.1. The lowest BCUT2D eigenvalue weighted by molar-refractivity contribution is -0.122. The van der Waals surface area contributed by atoms with Crippen LogP contribution in [0.4, 0.5) is 5.69 Å². The number of carbonyl (C=O) groups is 3. The Morgan fingerprint density at radius 3 is 2.48 bits per heavy atom. The van der Waals surface area contributed by atoms with Crippen LogP contribution in [0.25, 0.3) is 0 Å². The van der Waals surface area contributed by atoms with Crippen LogP contribution in [0.3, 0.4) is 0 Å². The van der Waals surface area contributed by atoms with Gasteiger partial charge >= 0.3 is 0 Å². The van der Waals surface area contributed by atoms with Crippen LogP contribution < -0.4 is 9.64 Å². The normalized spacial score (nSPS) is 15.9. The Bertz CT molecular complexity index is 1110. The van der Waals surface area contributed by atoms with Crippen LogP contribution in [0, 0.1) is 6.92 Å². The summed E-state index contributed by atoms with van der Waals surface area (Å²) in [5.41, 5.74) is 1.72. The van der Waals surface area contributed by atoms with Gasteiger partial charge in [-0.05, 0) is 55.0 Å². The van der Waals surface area contributed by atoms with Gasteiger partial charge in [-0.15, -0.1) is 0 Å². The average Bonchev–Trinajstić information content (AvgIpc) is 3.39. The number of nitrogens with zero attached hydrogens (tertiary/aromatic N) is 2. The molecular formula is C24H22N2O5. The van der Waals surface area contributed by atoms with Gasteiger partial charge in [0.25, 0.3) is 11.8 Å². The first-order valence-corrected chi connectivity index (χ1v) is 9.89. The van der Waals surface area contributed by atoms with E-state index in [-0.39, 0.29) is 24.8 Å². The number of furan rings is 1. The van der Waals surface area contributed by atoms with Crippen LogP contribution in [-0.2, 0) is 16.1 Å². The van der Waals surface area contributed by atoms with Gasteiger partial charge in [-0.25, -0.2) is 4.90 Å². The van der Waals surface area contributed by atoms with Crippen molar-refractivity contribution in [3.63, 3.8) is 0 Å². The summed E-state index contributed by atoms with van der Waals surface area (Å²) in [6, 6.07) is 16.4. The highest BCUT2D eigenvalue weighted by Gasteiger charge is 2.45. The Morgan fingerprint density at radius 2 is 1.84 bits per heavy atom. The van der Waals surface area contributed by atoms with Gasteiger partial charge in [0.2, 0.25) is 5.91 Å². The molecule has 1 aliphatic heterocycles. The number of anilines is 1. The molecule has 1 saturated heterocycles. The first-order chi connectivity index (χ1) is 15.0. The van der Waals surface area contributed by atoms with Gasteiger partial charge in [0.05, 0.1) is 32.0 Å². The number of benzene rings is 2. The van der Waals surface area contributed by atoms with Crippen molar-refractivity contribution in [1.29, 1.82) is 0 Å². The third-order valence-electron chi connectivity index (χ3n) is 5.37. The molecule has 1 aliphatic rings. The van der Waals surface area contributed by atoms with Crippen molar-refractivity contribution >= 4 is 23.4 Å². The summed E-state index contributed by atoms with van der Waals surface area (Å²) in [4.78, 5) is 42.1. The topological polar surface area (TPSA) is 80.1 Å². The van der Waals surface area contributed by atoms with Crippen molar-refractivity contribution < 1.29 is 23.5 Å². The molecule has 31 heavy (non-hydrogen) atoms. The maximum absolute atomic E-state index is 13.4. The number of ether oxygens (including phenoxy) is 1. The zero-order valence-electron chi connectivity index (χ0n) is 17.3. The van der Waals surface area contributed by atoms with Crippen LogP contribution in [0.1, 0.15) is 28.1 Å². The van der Waals surface area contributed by atoms with E-state index in [1.807, 2.05) is 19.1 Å². The molecular weight excluding hydrogens is 396 g/mol. The highest BCUT2D eigenvalue weighted by atomic mass is 16.5. The molecule has 7 heteroatoms. The molecule has 0 aliphatic carbocycles. The van der Waals surface area contributed by atoms with E-state index < -0.39 is 11.9 Å². The Hall–Kier alpha value is -3.87. The lowest BCUT2D eigenvalue weighted by Crippen LogP contribution is -2.45. The fraction of sp³-hybridized carbons (Fsp3) is 0.208. The van der Waals surface area contributed by atoms with Crippen LogP contribution in [0.2, 0.25) is 0 Å². The van der Waals surface area contributed by atoms with E-state index in [4.69, 9.17) is 9.15 Å². The fourth-order valence-electron chi connectivity index (χ4n) is 3.72. The second-order valence-electron chi connectivity index (χ2n) is 7.31. The van der Waals surface area contributed by atoms with Crippen LogP contribution in [0.15, 0.2) is 71.3 Å². The molecule has 1 unspecified atom stereocenters. The minimum absolute atomic E-state index is 0.0836. The van der Waals surface area contributed by atoms with Gasteiger partial charge in [-0.3, -0.25) is 14.4 Å². The predicted octanol–water partition coefficient (Wildman–Crippen LogP) is 3.57. The number of imide groups is 1. The Labute approximate surface area is 179 Å². The molecule has 0 radical (unpaired) electrons. The molecule has 3 amide bonds. The van der Waals surface area contributed by atoms with E-state index in [2.05, 4.69) is 0 Å². The van der Waals surface area contributed by atoms with Crippen LogP contribution in [0.5, 0.6) is 5.75 Å². The second-order valence-corrected chi connectivity index (χ2v) is 7.31. The van der Waals surface area contributed by atoms with Crippen molar-refractivity contribution in [2.75, 3.05) is 12.0 Å². The predicted molar refractivity (Wildman–Crippen MR) is 114 cm³/mol. The van der Waals surface area contributed by atoms with Gasteiger partial charge in [0, 0.05) is 5.56 Å².